The quantitative estimate of drug-likeness (QED) is 0.321. The molecule has 0 bridgehead atoms. The van der Waals surface area contributed by atoms with E-state index in [4.69, 9.17) is 4.42 Å². The Balaban J connectivity index is 1.89. The van der Waals surface area contributed by atoms with Gasteiger partial charge in [0.1, 0.15) is 0 Å². The van der Waals surface area contributed by atoms with Crippen LogP contribution in [0.1, 0.15) is 5.56 Å². The lowest BCUT2D eigenvalue weighted by molar-refractivity contribution is 0.582. The van der Waals surface area contributed by atoms with Crippen molar-refractivity contribution < 1.29 is 4.42 Å². The van der Waals surface area contributed by atoms with E-state index in [0.717, 1.165) is 32.7 Å². The molecule has 4 aromatic rings. The van der Waals surface area contributed by atoms with E-state index in [1.807, 2.05) is 18.2 Å². The summed E-state index contributed by atoms with van der Waals surface area (Å²) in [7, 11) is 0. The number of benzene rings is 3. The molecule has 1 nitrogen and oxygen atoms in total. The highest BCUT2D eigenvalue weighted by atomic mass is 79.9. The molecule has 0 aliphatic rings. The predicted octanol–water partition coefficient (Wildman–Crippen LogP) is 7.63. The van der Waals surface area contributed by atoms with Gasteiger partial charge in [-0.3, -0.25) is 0 Å². The van der Waals surface area contributed by atoms with Crippen LogP contribution in [0.2, 0.25) is 0 Å². The summed E-state index contributed by atoms with van der Waals surface area (Å²) in [4.78, 5) is 0. The minimum absolute atomic E-state index is 0.856. The summed E-state index contributed by atoms with van der Waals surface area (Å²) in [5.74, 6) is 1.72. The van der Waals surface area contributed by atoms with Gasteiger partial charge < -0.3 is 0 Å². The molecule has 2 heteroatoms. The second kappa shape index (κ2) is 7.27. The molecule has 0 amide bonds. The molecule has 0 aliphatic carbocycles. The van der Waals surface area contributed by atoms with Crippen LogP contribution >= 0.6 is 15.9 Å². The molecule has 0 unspecified atom stereocenters. The average molecular weight is 402 g/mol. The maximum absolute atomic E-state index is 6.28. The SMILES string of the molecule is Cc1ccc(-c2cc(-c3ccccc3)cc(-c3ccc(Br)cc3)[o+]2)cc1. The van der Waals surface area contributed by atoms with Crippen molar-refractivity contribution in [2.75, 3.05) is 0 Å². The van der Waals surface area contributed by atoms with Crippen LogP contribution in [0.25, 0.3) is 33.8 Å². The predicted molar refractivity (Wildman–Crippen MR) is 112 cm³/mol. The molecule has 3 aromatic carbocycles. The molecule has 1 aromatic heterocycles. The Morgan fingerprint density at radius 2 is 1.12 bits per heavy atom. The Morgan fingerprint density at radius 1 is 0.577 bits per heavy atom. The molecule has 0 saturated heterocycles. The van der Waals surface area contributed by atoms with Crippen molar-refractivity contribution in [3.63, 3.8) is 0 Å². The molecular weight excluding hydrogens is 384 g/mol. The van der Waals surface area contributed by atoms with Crippen LogP contribution in [0.15, 0.2) is 99.9 Å². The van der Waals surface area contributed by atoms with Gasteiger partial charge in [-0.25, -0.2) is 4.42 Å². The van der Waals surface area contributed by atoms with Gasteiger partial charge in [-0.2, -0.15) is 0 Å². The van der Waals surface area contributed by atoms with Crippen molar-refractivity contribution >= 4 is 15.9 Å². The molecule has 0 saturated carbocycles. The van der Waals surface area contributed by atoms with Gasteiger partial charge in [0.15, 0.2) is 0 Å². The molecular formula is C24H18BrO+. The zero-order valence-corrected chi connectivity index (χ0v) is 16.0. The maximum atomic E-state index is 6.28. The molecule has 1 heterocycles. The van der Waals surface area contributed by atoms with Gasteiger partial charge in [-0.1, -0.05) is 64.0 Å². The van der Waals surface area contributed by atoms with Crippen molar-refractivity contribution in [3.05, 3.63) is 101 Å². The van der Waals surface area contributed by atoms with Crippen molar-refractivity contribution in [1.29, 1.82) is 0 Å². The zero-order valence-electron chi connectivity index (χ0n) is 14.4. The lowest BCUT2D eigenvalue weighted by Crippen LogP contribution is -1.86. The van der Waals surface area contributed by atoms with Gasteiger partial charge in [-0.15, -0.1) is 0 Å². The Kier molecular flexibility index (Phi) is 4.68. The van der Waals surface area contributed by atoms with E-state index >= 15 is 0 Å². The Morgan fingerprint density at radius 3 is 1.69 bits per heavy atom. The number of rotatable bonds is 3. The molecule has 126 valence electrons. The highest BCUT2D eigenvalue weighted by molar-refractivity contribution is 9.10. The first kappa shape index (κ1) is 16.7. The lowest BCUT2D eigenvalue weighted by Gasteiger charge is -2.02. The van der Waals surface area contributed by atoms with Crippen molar-refractivity contribution in [2.45, 2.75) is 6.92 Å². The van der Waals surface area contributed by atoms with Gasteiger partial charge in [0, 0.05) is 10.0 Å². The minimum atomic E-state index is 0.856. The van der Waals surface area contributed by atoms with Gasteiger partial charge >= 0.3 is 11.5 Å². The summed E-state index contributed by atoms with van der Waals surface area (Å²) in [6, 6.07) is 31.3. The zero-order chi connectivity index (χ0) is 17.9. The van der Waals surface area contributed by atoms with E-state index in [-0.39, 0.29) is 0 Å². The molecule has 0 aliphatic heterocycles. The van der Waals surface area contributed by atoms with E-state index in [9.17, 15) is 0 Å². The van der Waals surface area contributed by atoms with E-state index in [2.05, 4.69) is 95.7 Å². The van der Waals surface area contributed by atoms with Gasteiger partial charge in [0.05, 0.1) is 23.3 Å². The number of hydrogen-bond acceptors (Lipinski definition) is 0. The van der Waals surface area contributed by atoms with E-state index < -0.39 is 0 Å². The summed E-state index contributed by atoms with van der Waals surface area (Å²) in [5.41, 5.74) is 5.69. The lowest BCUT2D eigenvalue weighted by atomic mass is 10.0. The van der Waals surface area contributed by atoms with E-state index in [1.54, 1.807) is 0 Å². The third-order valence-electron chi connectivity index (χ3n) is 4.37. The highest BCUT2D eigenvalue weighted by Gasteiger charge is 2.20. The van der Waals surface area contributed by atoms with Crippen LogP contribution in [-0.4, -0.2) is 0 Å². The molecule has 0 fully saturated rings. The second-order valence-electron chi connectivity index (χ2n) is 6.31. The maximum Gasteiger partial charge on any atom is 0.361 e. The first-order chi connectivity index (χ1) is 12.7. The number of aryl methyl sites for hydroxylation is 1. The summed E-state index contributed by atoms with van der Waals surface area (Å²) < 4.78 is 7.33. The van der Waals surface area contributed by atoms with Crippen molar-refractivity contribution in [3.8, 4) is 33.8 Å². The van der Waals surface area contributed by atoms with Crippen LogP contribution in [0, 0.1) is 6.92 Å². The smallest absolute Gasteiger partial charge is 0.207 e. The van der Waals surface area contributed by atoms with Crippen LogP contribution in [0.5, 0.6) is 0 Å². The standard InChI is InChI=1S/C24H18BrO/c1-17-7-9-19(10-8-17)23-15-21(18-5-3-2-4-6-18)16-24(26-23)20-11-13-22(25)14-12-20/h2-16H,1H3/q+1. The highest BCUT2D eigenvalue weighted by Crippen LogP contribution is 2.33. The van der Waals surface area contributed by atoms with E-state index in [1.165, 1.54) is 11.1 Å². The third kappa shape index (κ3) is 3.61. The average Bonchev–Trinajstić information content (AvgIpc) is 2.69. The molecule has 26 heavy (non-hydrogen) atoms. The molecule has 4 rings (SSSR count). The third-order valence-corrected chi connectivity index (χ3v) is 4.89. The normalized spacial score (nSPS) is 10.7. The van der Waals surface area contributed by atoms with E-state index in [0.29, 0.717) is 0 Å². The summed E-state index contributed by atoms with van der Waals surface area (Å²) in [6.45, 7) is 2.09. The Labute approximate surface area is 162 Å². The topological polar surface area (TPSA) is 11.3 Å². The molecule has 0 atom stereocenters. The van der Waals surface area contributed by atoms with Crippen LogP contribution in [-0.2, 0) is 0 Å². The van der Waals surface area contributed by atoms with Crippen molar-refractivity contribution in [2.24, 2.45) is 0 Å². The van der Waals surface area contributed by atoms with Crippen molar-refractivity contribution in [1.82, 2.24) is 0 Å². The van der Waals surface area contributed by atoms with Gasteiger partial charge in [-0.05, 0) is 48.9 Å². The first-order valence-corrected chi connectivity index (χ1v) is 9.35. The van der Waals surface area contributed by atoms with Gasteiger partial charge in [0.25, 0.3) is 0 Å². The second-order valence-corrected chi connectivity index (χ2v) is 7.23. The van der Waals surface area contributed by atoms with Crippen LogP contribution in [0.3, 0.4) is 0 Å². The largest absolute Gasteiger partial charge is 0.361 e. The van der Waals surface area contributed by atoms with Gasteiger partial charge in [0.2, 0.25) is 0 Å². The number of halogens is 1. The summed E-state index contributed by atoms with van der Waals surface area (Å²) in [6.07, 6.45) is 0. The monoisotopic (exact) mass is 401 g/mol. The fraction of sp³-hybridized carbons (Fsp3) is 0.0417. The van der Waals surface area contributed by atoms with Crippen LogP contribution < -0.4 is 0 Å². The Hall–Kier alpha value is -2.71. The summed E-state index contributed by atoms with van der Waals surface area (Å²) in [5, 5.41) is 0. The molecule has 0 radical (unpaired) electrons. The number of hydrogen-bond donors (Lipinski definition) is 0. The molecule has 0 N–H and O–H groups in total. The molecule has 0 spiro atoms. The summed E-state index contributed by atoms with van der Waals surface area (Å²) >= 11 is 3.50. The fourth-order valence-corrected chi connectivity index (χ4v) is 3.18. The minimum Gasteiger partial charge on any atom is -0.207 e. The first-order valence-electron chi connectivity index (χ1n) is 8.56. The fourth-order valence-electron chi connectivity index (χ4n) is 2.92. The Bertz CT molecular complexity index is 956. The van der Waals surface area contributed by atoms with Crippen LogP contribution in [0.4, 0.5) is 0 Å².